The molecule has 6 heteroatoms. The van der Waals surface area contributed by atoms with E-state index in [1.165, 1.54) is 18.9 Å². The number of carbonyl (C=O) groups excluding carboxylic acids is 1. The zero-order valence-electron chi connectivity index (χ0n) is 12.8. The molecule has 2 N–H and O–H groups in total. The Bertz CT molecular complexity index is 469. The van der Waals surface area contributed by atoms with Gasteiger partial charge >= 0.3 is 0 Å². The second-order valence-corrected chi connectivity index (χ2v) is 5.46. The number of hydrogen-bond acceptors (Lipinski definition) is 3. The Kier molecular flexibility index (Phi) is 8.20. The predicted molar refractivity (Wildman–Crippen MR) is 87.0 cm³/mol. The van der Waals surface area contributed by atoms with Gasteiger partial charge in [-0.1, -0.05) is 19.1 Å². The van der Waals surface area contributed by atoms with Gasteiger partial charge in [-0.25, -0.2) is 4.39 Å². The Hall–Kier alpha value is -1.33. The molecule has 1 aliphatic rings. The number of amides is 1. The number of rotatable bonds is 9. The zero-order chi connectivity index (χ0) is 15.1. The molecule has 0 aromatic heterocycles. The van der Waals surface area contributed by atoms with E-state index in [0.717, 1.165) is 12.5 Å². The van der Waals surface area contributed by atoms with Crippen molar-refractivity contribution in [1.82, 2.24) is 10.6 Å². The first-order valence-electron chi connectivity index (χ1n) is 7.57. The lowest BCUT2D eigenvalue weighted by atomic mass is 10.2. The Balaban J connectivity index is 0.00000242. The molecule has 1 amide bonds. The average Bonchev–Trinajstić information content (AvgIpc) is 3.29. The highest BCUT2D eigenvalue weighted by Crippen LogP contribution is 2.27. The first-order chi connectivity index (χ1) is 10.2. The molecular weight excluding hydrogens is 307 g/mol. The minimum absolute atomic E-state index is 0. The van der Waals surface area contributed by atoms with Crippen LogP contribution < -0.4 is 15.4 Å². The van der Waals surface area contributed by atoms with Gasteiger partial charge in [-0.15, -0.1) is 12.4 Å². The van der Waals surface area contributed by atoms with Crippen molar-refractivity contribution >= 4 is 18.3 Å². The van der Waals surface area contributed by atoms with Gasteiger partial charge < -0.3 is 15.4 Å². The number of carbonyl (C=O) groups is 1. The summed E-state index contributed by atoms with van der Waals surface area (Å²) in [4.78, 5) is 11.7. The summed E-state index contributed by atoms with van der Waals surface area (Å²) in [6.45, 7) is 3.57. The van der Waals surface area contributed by atoms with E-state index in [9.17, 15) is 9.18 Å². The largest absolute Gasteiger partial charge is 0.486 e. The van der Waals surface area contributed by atoms with Crippen molar-refractivity contribution in [3.8, 4) is 5.75 Å². The van der Waals surface area contributed by atoms with Crippen LogP contribution in [0.3, 0.4) is 0 Å². The van der Waals surface area contributed by atoms with E-state index < -0.39 is 0 Å². The van der Waals surface area contributed by atoms with Crippen LogP contribution in [0.2, 0.25) is 0 Å². The zero-order valence-corrected chi connectivity index (χ0v) is 13.6. The minimum Gasteiger partial charge on any atom is -0.486 e. The third-order valence-electron chi connectivity index (χ3n) is 3.53. The molecule has 1 atom stereocenters. The van der Waals surface area contributed by atoms with Crippen molar-refractivity contribution < 1.29 is 13.9 Å². The van der Waals surface area contributed by atoms with Crippen molar-refractivity contribution in [1.29, 1.82) is 0 Å². The van der Waals surface area contributed by atoms with Crippen LogP contribution in [0.25, 0.3) is 0 Å². The third kappa shape index (κ3) is 6.62. The highest BCUT2D eigenvalue weighted by atomic mass is 35.5. The summed E-state index contributed by atoms with van der Waals surface area (Å²) in [5.74, 6) is 0.552. The van der Waals surface area contributed by atoms with Crippen molar-refractivity contribution in [2.24, 2.45) is 5.92 Å². The van der Waals surface area contributed by atoms with Gasteiger partial charge in [0.1, 0.15) is 6.10 Å². The first kappa shape index (κ1) is 18.7. The first-order valence-corrected chi connectivity index (χ1v) is 7.57. The Morgan fingerprint density at radius 2 is 2.14 bits per heavy atom. The molecule has 0 aliphatic heterocycles. The summed E-state index contributed by atoms with van der Waals surface area (Å²) < 4.78 is 19.1. The van der Waals surface area contributed by atoms with Crippen LogP contribution in [0.15, 0.2) is 24.3 Å². The van der Waals surface area contributed by atoms with Gasteiger partial charge in [0, 0.05) is 0 Å². The van der Waals surface area contributed by atoms with Crippen LogP contribution in [-0.2, 0) is 4.79 Å². The van der Waals surface area contributed by atoms with Crippen LogP contribution in [0.1, 0.15) is 26.2 Å². The molecule has 2 rings (SSSR count). The summed E-state index contributed by atoms with van der Waals surface area (Å²) in [7, 11) is 0. The number of ether oxygens (including phenoxy) is 1. The summed E-state index contributed by atoms with van der Waals surface area (Å²) in [5, 5.41) is 5.95. The summed E-state index contributed by atoms with van der Waals surface area (Å²) in [6, 6.07) is 6.31. The van der Waals surface area contributed by atoms with Gasteiger partial charge in [-0.2, -0.15) is 0 Å². The molecule has 22 heavy (non-hydrogen) atoms. The smallest absolute Gasteiger partial charge is 0.234 e. The topological polar surface area (TPSA) is 50.4 Å². The molecule has 4 nitrogen and oxygen atoms in total. The van der Waals surface area contributed by atoms with Crippen LogP contribution in [-0.4, -0.2) is 31.6 Å². The van der Waals surface area contributed by atoms with Gasteiger partial charge in [0.2, 0.25) is 5.91 Å². The second-order valence-electron chi connectivity index (χ2n) is 5.46. The molecule has 0 saturated heterocycles. The van der Waals surface area contributed by atoms with E-state index in [1.54, 1.807) is 18.2 Å². The maximum atomic E-state index is 13.5. The SMILES string of the molecule is CCC(CNC(=O)CNCC1CC1)Oc1ccccc1F.Cl. The molecule has 1 unspecified atom stereocenters. The number of hydrogen-bond donors (Lipinski definition) is 2. The molecule has 1 fully saturated rings. The number of nitrogens with one attached hydrogen (secondary N) is 2. The maximum Gasteiger partial charge on any atom is 0.234 e. The Labute approximate surface area is 137 Å². The molecule has 0 bridgehead atoms. The number of para-hydroxylation sites is 1. The van der Waals surface area contributed by atoms with E-state index in [4.69, 9.17) is 4.74 Å². The Morgan fingerprint density at radius 3 is 2.77 bits per heavy atom. The summed E-state index contributed by atoms with van der Waals surface area (Å²) in [6.07, 6.45) is 3.00. The minimum atomic E-state index is -0.381. The summed E-state index contributed by atoms with van der Waals surface area (Å²) >= 11 is 0. The maximum absolute atomic E-state index is 13.5. The summed E-state index contributed by atoms with van der Waals surface area (Å²) in [5.41, 5.74) is 0. The predicted octanol–water partition coefficient (Wildman–Crippen LogP) is 2.52. The standard InChI is InChI=1S/C16H23FN2O2.ClH/c1-2-13(21-15-6-4-3-5-14(15)17)10-19-16(20)11-18-9-12-7-8-12;/h3-6,12-13,18H,2,7-11H2,1H3,(H,19,20);1H. The molecule has 0 heterocycles. The van der Waals surface area contributed by atoms with E-state index in [-0.39, 0.29) is 36.0 Å². The van der Waals surface area contributed by atoms with Gasteiger partial charge in [0.05, 0.1) is 13.1 Å². The number of benzene rings is 1. The lowest BCUT2D eigenvalue weighted by Crippen LogP contribution is -2.40. The van der Waals surface area contributed by atoms with E-state index >= 15 is 0 Å². The second kappa shape index (κ2) is 9.64. The quantitative estimate of drug-likeness (QED) is 0.731. The molecule has 1 aromatic rings. The molecule has 0 spiro atoms. The normalized spacial score (nSPS) is 14.8. The molecule has 1 aliphatic carbocycles. The highest BCUT2D eigenvalue weighted by Gasteiger charge is 2.20. The van der Waals surface area contributed by atoms with Gasteiger partial charge in [-0.05, 0) is 43.9 Å². The van der Waals surface area contributed by atoms with E-state index in [1.807, 2.05) is 6.92 Å². The third-order valence-corrected chi connectivity index (χ3v) is 3.53. The van der Waals surface area contributed by atoms with Crippen molar-refractivity contribution in [2.45, 2.75) is 32.3 Å². The van der Waals surface area contributed by atoms with Crippen LogP contribution >= 0.6 is 12.4 Å². The molecular formula is C16H24ClFN2O2. The van der Waals surface area contributed by atoms with Crippen molar-refractivity contribution in [2.75, 3.05) is 19.6 Å². The fourth-order valence-electron chi connectivity index (χ4n) is 1.99. The molecule has 124 valence electrons. The van der Waals surface area contributed by atoms with Gasteiger partial charge in [-0.3, -0.25) is 4.79 Å². The van der Waals surface area contributed by atoms with E-state index in [0.29, 0.717) is 19.5 Å². The average molecular weight is 331 g/mol. The van der Waals surface area contributed by atoms with Gasteiger partial charge in [0.25, 0.3) is 0 Å². The lowest BCUT2D eigenvalue weighted by molar-refractivity contribution is -0.120. The fourth-order valence-corrected chi connectivity index (χ4v) is 1.99. The highest BCUT2D eigenvalue weighted by molar-refractivity contribution is 5.85. The molecule has 1 aromatic carbocycles. The van der Waals surface area contributed by atoms with Crippen LogP contribution in [0.5, 0.6) is 5.75 Å². The van der Waals surface area contributed by atoms with E-state index in [2.05, 4.69) is 10.6 Å². The van der Waals surface area contributed by atoms with Crippen LogP contribution in [0, 0.1) is 11.7 Å². The Morgan fingerprint density at radius 1 is 1.41 bits per heavy atom. The van der Waals surface area contributed by atoms with Crippen molar-refractivity contribution in [3.63, 3.8) is 0 Å². The fraction of sp³-hybridized carbons (Fsp3) is 0.562. The molecule has 1 saturated carbocycles. The van der Waals surface area contributed by atoms with Gasteiger partial charge in [0.15, 0.2) is 11.6 Å². The van der Waals surface area contributed by atoms with Crippen molar-refractivity contribution in [3.05, 3.63) is 30.1 Å². The lowest BCUT2D eigenvalue weighted by Gasteiger charge is -2.18. The monoisotopic (exact) mass is 330 g/mol. The number of halogens is 2. The molecule has 0 radical (unpaired) electrons. The van der Waals surface area contributed by atoms with Crippen LogP contribution in [0.4, 0.5) is 4.39 Å².